The van der Waals surface area contributed by atoms with E-state index in [-0.39, 0.29) is 22.2 Å². The molecule has 2 heterocycles. The molecule has 1 aliphatic rings. The van der Waals surface area contributed by atoms with E-state index in [1.165, 1.54) is 42.5 Å². The molecule has 8 nitrogen and oxygen atoms in total. The first-order valence-electron chi connectivity index (χ1n) is 8.60. The van der Waals surface area contributed by atoms with E-state index in [1.54, 1.807) is 12.1 Å². The Labute approximate surface area is 164 Å². The Morgan fingerprint density at radius 1 is 1.18 bits per heavy atom. The minimum absolute atomic E-state index is 0.0159. The summed E-state index contributed by atoms with van der Waals surface area (Å²) >= 11 is 0. The van der Waals surface area contributed by atoms with Crippen molar-refractivity contribution in [3.63, 3.8) is 0 Å². The second kappa shape index (κ2) is 7.61. The molecule has 0 fully saturated rings. The van der Waals surface area contributed by atoms with Gasteiger partial charge < -0.3 is 4.90 Å². The third kappa shape index (κ3) is 4.08. The van der Waals surface area contributed by atoms with Gasteiger partial charge in [-0.3, -0.25) is 9.78 Å². The van der Waals surface area contributed by atoms with Crippen molar-refractivity contribution in [2.24, 2.45) is 0 Å². The van der Waals surface area contributed by atoms with Crippen LogP contribution in [0.5, 0.6) is 0 Å². The second-order valence-corrected chi connectivity index (χ2v) is 10.7. The van der Waals surface area contributed by atoms with Crippen molar-refractivity contribution >= 4 is 31.5 Å². The molecule has 28 heavy (non-hydrogen) atoms. The number of fused-ring (bicyclic) bond motifs is 1. The zero-order valence-corrected chi connectivity index (χ0v) is 17.2. The average molecular weight is 424 g/mol. The highest BCUT2D eigenvalue weighted by Gasteiger charge is 2.28. The van der Waals surface area contributed by atoms with E-state index in [9.17, 15) is 21.6 Å². The zero-order valence-electron chi connectivity index (χ0n) is 15.6. The van der Waals surface area contributed by atoms with Gasteiger partial charge in [-0.15, -0.1) is 0 Å². The Morgan fingerprint density at radius 2 is 1.93 bits per heavy atom. The third-order valence-corrected chi connectivity index (χ3v) is 7.50. The summed E-state index contributed by atoms with van der Waals surface area (Å²) in [5, 5.41) is 0. The van der Waals surface area contributed by atoms with Crippen LogP contribution in [0.3, 0.4) is 0 Å². The van der Waals surface area contributed by atoms with E-state index in [0.717, 1.165) is 16.1 Å². The van der Waals surface area contributed by atoms with Crippen molar-refractivity contribution in [2.75, 3.05) is 31.3 Å². The summed E-state index contributed by atoms with van der Waals surface area (Å²) in [7, 11) is -5.83. The van der Waals surface area contributed by atoms with Crippen molar-refractivity contribution in [3.05, 3.63) is 48.3 Å². The second-order valence-electron chi connectivity index (χ2n) is 6.66. The van der Waals surface area contributed by atoms with E-state index in [1.807, 2.05) is 0 Å². The Hall–Kier alpha value is -2.30. The van der Waals surface area contributed by atoms with Gasteiger partial charge in [0.25, 0.3) is 0 Å². The molecular weight excluding hydrogens is 402 g/mol. The van der Waals surface area contributed by atoms with Crippen LogP contribution in [0.15, 0.2) is 52.5 Å². The number of likely N-dealkylation sites (N-methyl/N-ethyl adjacent to an activating group) is 1. The summed E-state index contributed by atoms with van der Waals surface area (Å²) in [6.45, 7) is 0.120. The van der Waals surface area contributed by atoms with Crippen LogP contribution in [-0.4, -0.2) is 58.4 Å². The van der Waals surface area contributed by atoms with Crippen LogP contribution in [0.2, 0.25) is 0 Å². The molecule has 10 heteroatoms. The molecule has 0 atom stereocenters. The number of rotatable bonds is 5. The van der Waals surface area contributed by atoms with Crippen LogP contribution in [0.1, 0.15) is 12.0 Å². The van der Waals surface area contributed by atoms with Crippen LogP contribution in [0.4, 0.5) is 5.69 Å². The Balaban J connectivity index is 1.83. The van der Waals surface area contributed by atoms with Crippen molar-refractivity contribution in [2.45, 2.75) is 22.6 Å². The average Bonchev–Trinajstić information content (AvgIpc) is 2.66. The molecule has 150 valence electrons. The fourth-order valence-electron chi connectivity index (χ4n) is 3.10. The molecule has 0 saturated carbocycles. The molecule has 0 unspecified atom stereocenters. The maximum absolute atomic E-state index is 12.8. The largest absolute Gasteiger partial charge is 0.311 e. The first-order valence-corrected chi connectivity index (χ1v) is 11.9. The molecule has 0 N–H and O–H groups in total. The van der Waals surface area contributed by atoms with Gasteiger partial charge in [-0.1, -0.05) is 0 Å². The molecular formula is C18H21N3O5S2. The number of carbonyl (C=O) groups excluding carboxylic acids is 1. The van der Waals surface area contributed by atoms with Crippen LogP contribution in [0.25, 0.3) is 0 Å². The van der Waals surface area contributed by atoms with E-state index in [0.29, 0.717) is 25.1 Å². The number of benzene rings is 1. The molecule has 1 aromatic heterocycles. The maximum atomic E-state index is 12.8. The van der Waals surface area contributed by atoms with Crippen molar-refractivity contribution < 1.29 is 21.6 Å². The number of hydrogen-bond donors (Lipinski definition) is 0. The van der Waals surface area contributed by atoms with Crippen LogP contribution in [-0.2, 0) is 31.1 Å². The summed E-state index contributed by atoms with van der Waals surface area (Å²) in [4.78, 5) is 18.4. The van der Waals surface area contributed by atoms with Gasteiger partial charge in [0.15, 0.2) is 9.84 Å². The Bertz CT molecular complexity index is 1100. The minimum atomic E-state index is -3.83. The van der Waals surface area contributed by atoms with Gasteiger partial charge in [-0.05, 0) is 48.7 Å². The topological polar surface area (TPSA) is 105 Å². The summed E-state index contributed by atoms with van der Waals surface area (Å²) in [6, 6.07) is 7.60. The molecule has 3 rings (SSSR count). The molecule has 1 aliphatic heterocycles. The van der Waals surface area contributed by atoms with Gasteiger partial charge in [0.05, 0.1) is 11.4 Å². The molecule has 0 spiro atoms. The fourth-order valence-corrected chi connectivity index (χ4v) is 4.86. The molecule has 0 bridgehead atoms. The number of sulfone groups is 1. The van der Waals surface area contributed by atoms with E-state index < -0.39 is 19.9 Å². The lowest BCUT2D eigenvalue weighted by Gasteiger charge is -2.31. The number of nitrogens with zero attached hydrogens (tertiary/aromatic N) is 3. The lowest BCUT2D eigenvalue weighted by atomic mass is 10.0. The lowest BCUT2D eigenvalue weighted by molar-refractivity contribution is -0.118. The monoisotopic (exact) mass is 423 g/mol. The standard InChI is InChI=1S/C18H21N3O5S2/c1-20(28(25,26)16-6-3-9-19-12-16)13-18(22)21-10-4-5-14-11-15(27(2,23)24)7-8-17(14)21/h3,6-9,11-12H,4-5,10,13H2,1-2H3. The SMILES string of the molecule is CN(CC(=O)N1CCCc2cc(S(C)(=O)=O)ccc21)S(=O)(=O)c1cccnc1. The van der Waals surface area contributed by atoms with E-state index in [2.05, 4.69) is 4.98 Å². The first kappa shape index (κ1) is 20.4. The quantitative estimate of drug-likeness (QED) is 0.713. The minimum Gasteiger partial charge on any atom is -0.311 e. The third-order valence-electron chi connectivity index (χ3n) is 4.60. The van der Waals surface area contributed by atoms with Crippen LogP contribution in [0, 0.1) is 0 Å². The van der Waals surface area contributed by atoms with Gasteiger partial charge in [-0.2, -0.15) is 4.31 Å². The Kier molecular flexibility index (Phi) is 5.55. The predicted octanol–water partition coefficient (Wildman–Crippen LogP) is 1.08. The number of pyridine rings is 1. The zero-order chi connectivity index (χ0) is 20.5. The molecule has 2 aromatic rings. The van der Waals surface area contributed by atoms with Gasteiger partial charge in [-0.25, -0.2) is 16.8 Å². The smallest absolute Gasteiger partial charge is 0.244 e. The number of sulfonamides is 1. The number of carbonyl (C=O) groups is 1. The number of anilines is 1. The van der Waals surface area contributed by atoms with Gasteiger partial charge >= 0.3 is 0 Å². The van der Waals surface area contributed by atoms with E-state index in [4.69, 9.17) is 0 Å². The molecule has 1 amide bonds. The summed E-state index contributed by atoms with van der Waals surface area (Å²) in [5.74, 6) is -0.372. The summed E-state index contributed by atoms with van der Waals surface area (Å²) in [6.07, 6.45) is 5.18. The van der Waals surface area contributed by atoms with Crippen molar-refractivity contribution in [1.82, 2.24) is 9.29 Å². The molecule has 0 aliphatic carbocycles. The number of amides is 1. The summed E-state index contributed by atoms with van der Waals surface area (Å²) < 4.78 is 49.7. The predicted molar refractivity (Wildman–Crippen MR) is 104 cm³/mol. The number of hydrogen-bond acceptors (Lipinski definition) is 6. The first-order chi connectivity index (χ1) is 13.1. The van der Waals surface area contributed by atoms with Crippen molar-refractivity contribution in [3.8, 4) is 0 Å². The molecule has 0 radical (unpaired) electrons. The normalized spacial score (nSPS) is 14.8. The number of aryl methyl sites for hydroxylation is 1. The van der Waals surface area contributed by atoms with Crippen LogP contribution >= 0.6 is 0 Å². The number of aromatic nitrogens is 1. The highest BCUT2D eigenvalue weighted by molar-refractivity contribution is 7.90. The van der Waals surface area contributed by atoms with E-state index >= 15 is 0 Å². The van der Waals surface area contributed by atoms with Gasteiger partial charge in [0, 0.05) is 37.9 Å². The molecule has 0 saturated heterocycles. The van der Waals surface area contributed by atoms with Gasteiger partial charge in [0.2, 0.25) is 15.9 Å². The maximum Gasteiger partial charge on any atom is 0.244 e. The highest BCUT2D eigenvalue weighted by Crippen LogP contribution is 2.29. The lowest BCUT2D eigenvalue weighted by Crippen LogP contribution is -2.43. The highest BCUT2D eigenvalue weighted by atomic mass is 32.2. The van der Waals surface area contributed by atoms with Gasteiger partial charge in [0.1, 0.15) is 4.90 Å². The van der Waals surface area contributed by atoms with Crippen LogP contribution < -0.4 is 4.90 Å². The molecule has 1 aromatic carbocycles. The Morgan fingerprint density at radius 3 is 2.57 bits per heavy atom. The summed E-state index contributed by atoms with van der Waals surface area (Å²) in [5.41, 5.74) is 1.39. The van der Waals surface area contributed by atoms with Crippen molar-refractivity contribution in [1.29, 1.82) is 0 Å². The fraction of sp³-hybridized carbons (Fsp3) is 0.333.